The smallest absolute Gasteiger partial charge is 0.232 e. The van der Waals surface area contributed by atoms with E-state index in [-0.39, 0.29) is 0 Å². The zero-order valence-corrected chi connectivity index (χ0v) is 17.2. The van der Waals surface area contributed by atoms with Crippen LogP contribution >= 0.6 is 11.8 Å². The molecule has 8 heteroatoms. The maximum absolute atomic E-state index is 5.66. The monoisotopic (exact) mass is 419 g/mol. The highest BCUT2D eigenvalue weighted by Crippen LogP contribution is 2.29. The van der Waals surface area contributed by atoms with E-state index in [1.165, 1.54) is 0 Å². The van der Waals surface area contributed by atoms with Crippen LogP contribution in [0.15, 0.2) is 76.5 Å². The molecule has 0 saturated carbocycles. The molecule has 0 bridgehead atoms. The molecule has 0 radical (unpaired) electrons. The molecule has 1 fully saturated rings. The van der Waals surface area contributed by atoms with Crippen LogP contribution in [0.5, 0.6) is 0 Å². The Morgan fingerprint density at radius 2 is 1.63 bits per heavy atom. The van der Waals surface area contributed by atoms with Gasteiger partial charge >= 0.3 is 0 Å². The lowest BCUT2D eigenvalue weighted by Gasteiger charge is -2.27. The summed E-state index contributed by atoms with van der Waals surface area (Å²) in [6.45, 7) is 3.01. The Bertz CT molecular complexity index is 1090. The summed E-state index contributed by atoms with van der Waals surface area (Å²) < 4.78 is 13.3. The summed E-state index contributed by atoms with van der Waals surface area (Å²) in [6.07, 6.45) is 1.71. The first kappa shape index (κ1) is 18.9. The number of thioether (sulfide) groups is 1. The predicted molar refractivity (Wildman–Crippen MR) is 116 cm³/mol. The van der Waals surface area contributed by atoms with Crippen LogP contribution in [0.4, 0.5) is 5.95 Å². The average molecular weight is 420 g/mol. The van der Waals surface area contributed by atoms with Crippen LogP contribution < -0.4 is 4.90 Å². The van der Waals surface area contributed by atoms with Crippen molar-refractivity contribution in [3.05, 3.63) is 72.6 Å². The summed E-state index contributed by atoms with van der Waals surface area (Å²) in [4.78, 5) is 6.84. The van der Waals surface area contributed by atoms with Crippen LogP contribution in [0, 0.1) is 0 Å². The molecule has 0 amide bonds. The van der Waals surface area contributed by atoms with Crippen LogP contribution in [0.25, 0.3) is 17.1 Å². The topological polar surface area (TPSA) is 69.2 Å². The number of hydrogen-bond acceptors (Lipinski definition) is 7. The maximum Gasteiger partial charge on any atom is 0.232 e. The molecule has 2 aromatic heterocycles. The highest BCUT2D eigenvalue weighted by molar-refractivity contribution is 7.98. The third kappa shape index (κ3) is 3.96. The van der Waals surface area contributed by atoms with Gasteiger partial charge in [0, 0.05) is 24.4 Å². The molecular formula is C22H21N5O2S. The summed E-state index contributed by atoms with van der Waals surface area (Å²) in [5.74, 6) is 2.12. The molecule has 0 spiro atoms. The van der Waals surface area contributed by atoms with Gasteiger partial charge in [-0.2, -0.15) is 0 Å². The van der Waals surface area contributed by atoms with Gasteiger partial charge < -0.3 is 14.1 Å². The van der Waals surface area contributed by atoms with Gasteiger partial charge in [-0.15, -0.1) is 10.2 Å². The van der Waals surface area contributed by atoms with Gasteiger partial charge in [-0.05, 0) is 24.3 Å². The van der Waals surface area contributed by atoms with Crippen molar-refractivity contribution in [2.24, 2.45) is 0 Å². The molecule has 0 unspecified atom stereocenters. The molecule has 30 heavy (non-hydrogen) atoms. The van der Waals surface area contributed by atoms with E-state index in [0.29, 0.717) is 24.9 Å². The molecule has 0 aliphatic carbocycles. The summed E-state index contributed by atoms with van der Waals surface area (Å²) in [6, 6.07) is 20.1. The van der Waals surface area contributed by atoms with E-state index in [9.17, 15) is 0 Å². The zero-order valence-electron chi connectivity index (χ0n) is 16.3. The first-order valence-corrected chi connectivity index (χ1v) is 10.8. The van der Waals surface area contributed by atoms with Crippen molar-refractivity contribution in [2.75, 3.05) is 31.2 Å². The minimum absolute atomic E-state index is 0.629. The van der Waals surface area contributed by atoms with E-state index in [4.69, 9.17) is 9.15 Å². The van der Waals surface area contributed by atoms with Gasteiger partial charge in [-0.25, -0.2) is 4.98 Å². The zero-order chi connectivity index (χ0) is 20.2. The van der Waals surface area contributed by atoms with Gasteiger partial charge in [0.2, 0.25) is 11.8 Å². The molecule has 7 nitrogen and oxygen atoms in total. The van der Waals surface area contributed by atoms with Crippen LogP contribution in [0.1, 0.15) is 5.69 Å². The number of aromatic nitrogens is 4. The number of ether oxygens (including phenoxy) is 1. The van der Waals surface area contributed by atoms with Crippen molar-refractivity contribution < 1.29 is 9.15 Å². The van der Waals surface area contributed by atoms with Crippen molar-refractivity contribution in [3.8, 4) is 17.1 Å². The number of benzene rings is 2. The van der Waals surface area contributed by atoms with Crippen molar-refractivity contribution in [1.82, 2.24) is 19.7 Å². The van der Waals surface area contributed by atoms with E-state index >= 15 is 0 Å². The molecule has 2 aromatic carbocycles. The van der Waals surface area contributed by atoms with E-state index in [1.54, 1.807) is 18.0 Å². The van der Waals surface area contributed by atoms with E-state index in [2.05, 4.69) is 36.8 Å². The third-order valence-electron chi connectivity index (χ3n) is 4.85. The van der Waals surface area contributed by atoms with Gasteiger partial charge in [0.15, 0.2) is 5.16 Å². The number of morpholine rings is 1. The second-order valence-corrected chi connectivity index (χ2v) is 7.79. The van der Waals surface area contributed by atoms with E-state index in [0.717, 1.165) is 41.1 Å². The Labute approximate surface area is 178 Å². The predicted octanol–water partition coefficient (Wildman–Crippen LogP) is 4.05. The minimum Gasteiger partial charge on any atom is -0.444 e. The molecule has 1 aliphatic rings. The lowest BCUT2D eigenvalue weighted by atomic mass is 10.2. The lowest BCUT2D eigenvalue weighted by Crippen LogP contribution is -2.37. The van der Waals surface area contributed by atoms with E-state index < -0.39 is 0 Å². The van der Waals surface area contributed by atoms with Gasteiger partial charge in [-0.1, -0.05) is 48.2 Å². The van der Waals surface area contributed by atoms with E-state index in [1.807, 2.05) is 48.5 Å². The number of nitrogens with zero attached hydrogens (tertiary/aromatic N) is 5. The van der Waals surface area contributed by atoms with Crippen LogP contribution in [0.3, 0.4) is 0 Å². The summed E-state index contributed by atoms with van der Waals surface area (Å²) in [7, 11) is 0. The average Bonchev–Trinajstić information content (AvgIpc) is 3.47. The fraction of sp³-hybridized carbons (Fsp3) is 0.227. The fourth-order valence-corrected chi connectivity index (χ4v) is 4.18. The van der Waals surface area contributed by atoms with Gasteiger partial charge in [0.25, 0.3) is 0 Å². The molecule has 0 N–H and O–H groups in total. The Balaban J connectivity index is 1.39. The van der Waals surface area contributed by atoms with Crippen LogP contribution in [-0.2, 0) is 10.5 Å². The normalized spacial score (nSPS) is 14.2. The van der Waals surface area contributed by atoms with Crippen LogP contribution in [-0.4, -0.2) is 46.1 Å². The molecule has 3 heterocycles. The van der Waals surface area contributed by atoms with Gasteiger partial charge in [0.05, 0.1) is 24.6 Å². The van der Waals surface area contributed by atoms with Gasteiger partial charge in [-0.3, -0.25) is 4.57 Å². The molecule has 1 aliphatic heterocycles. The molecule has 4 aromatic rings. The van der Waals surface area contributed by atoms with Crippen molar-refractivity contribution in [1.29, 1.82) is 0 Å². The number of oxazole rings is 1. The van der Waals surface area contributed by atoms with Crippen LogP contribution in [0.2, 0.25) is 0 Å². The minimum atomic E-state index is 0.629. The largest absolute Gasteiger partial charge is 0.444 e. The highest BCUT2D eigenvalue weighted by Gasteiger charge is 2.22. The van der Waals surface area contributed by atoms with Gasteiger partial charge in [0.1, 0.15) is 6.26 Å². The Morgan fingerprint density at radius 1 is 0.900 bits per heavy atom. The van der Waals surface area contributed by atoms with Crippen molar-refractivity contribution >= 4 is 17.7 Å². The number of anilines is 1. The first-order valence-electron chi connectivity index (χ1n) is 9.84. The number of rotatable bonds is 6. The number of para-hydroxylation sites is 1. The molecular weight excluding hydrogens is 398 g/mol. The second kappa shape index (κ2) is 8.73. The lowest BCUT2D eigenvalue weighted by molar-refractivity contribution is 0.122. The standard InChI is InChI=1S/C22H21N5O2S/c1-3-7-17(8-4-1)20-23-18(15-29-20)16-30-22-25-24-21(26-11-13-28-14-12-26)27(22)19-9-5-2-6-10-19/h1-10,15H,11-14,16H2. The number of hydrogen-bond donors (Lipinski definition) is 0. The quantitative estimate of drug-likeness (QED) is 0.437. The second-order valence-electron chi connectivity index (χ2n) is 6.85. The molecule has 0 atom stereocenters. The fourth-order valence-electron chi connectivity index (χ4n) is 3.35. The Morgan fingerprint density at radius 3 is 2.40 bits per heavy atom. The molecule has 5 rings (SSSR count). The summed E-state index contributed by atoms with van der Waals surface area (Å²) in [5.41, 5.74) is 2.88. The van der Waals surface area contributed by atoms with Crippen molar-refractivity contribution in [2.45, 2.75) is 10.9 Å². The SMILES string of the molecule is c1ccc(-c2nc(CSc3nnc(N4CCOCC4)n3-c3ccccc3)co2)cc1. The third-order valence-corrected chi connectivity index (χ3v) is 5.81. The highest BCUT2D eigenvalue weighted by atomic mass is 32.2. The maximum atomic E-state index is 5.66. The first-order chi connectivity index (χ1) is 14.9. The Hall–Kier alpha value is -3.10. The Kier molecular flexibility index (Phi) is 5.50. The molecule has 152 valence electrons. The molecule has 1 saturated heterocycles. The van der Waals surface area contributed by atoms with Crippen molar-refractivity contribution in [3.63, 3.8) is 0 Å². The summed E-state index contributed by atoms with van der Waals surface area (Å²) >= 11 is 1.60. The summed E-state index contributed by atoms with van der Waals surface area (Å²) in [5, 5.41) is 9.81.